The third-order valence-corrected chi connectivity index (χ3v) is 5.47. The summed E-state index contributed by atoms with van der Waals surface area (Å²) in [7, 11) is 3.43. The Labute approximate surface area is 168 Å². The summed E-state index contributed by atoms with van der Waals surface area (Å²) in [5.74, 6) is 0.512. The number of hydrogen-bond acceptors (Lipinski definition) is 3. The van der Waals surface area contributed by atoms with E-state index in [0.717, 1.165) is 47.9 Å². The van der Waals surface area contributed by atoms with Crippen LogP contribution in [0.4, 0.5) is 0 Å². The minimum Gasteiger partial charge on any atom is -0.506 e. The summed E-state index contributed by atoms with van der Waals surface area (Å²) >= 11 is 0. The lowest BCUT2D eigenvalue weighted by Gasteiger charge is -2.36. The average Bonchev–Trinajstić information content (AvgIpc) is 2.60. The molecule has 0 saturated carbocycles. The molecule has 0 saturated heterocycles. The molecule has 28 heavy (non-hydrogen) atoms. The van der Waals surface area contributed by atoms with Gasteiger partial charge in [0.05, 0.1) is 11.1 Å². The van der Waals surface area contributed by atoms with Crippen molar-refractivity contribution in [1.82, 2.24) is 4.90 Å². The van der Waals surface area contributed by atoms with Crippen molar-refractivity contribution in [1.29, 1.82) is 0 Å². The lowest BCUT2D eigenvalue weighted by atomic mass is 9.83. The maximum absolute atomic E-state index is 12.9. The predicted molar refractivity (Wildman–Crippen MR) is 113 cm³/mol. The molecular formula is C24H31NO3. The zero-order chi connectivity index (χ0) is 20.6. The largest absolute Gasteiger partial charge is 0.506 e. The number of fused-ring (bicyclic) bond motifs is 3. The van der Waals surface area contributed by atoms with E-state index in [1.165, 1.54) is 4.90 Å². The number of nitrogens with zero attached hydrogens (tertiary/aromatic N) is 1. The number of unbranched alkanes of at least 4 members (excludes halogenated alkanes) is 2. The smallest absolute Gasteiger partial charge is 0.257 e. The van der Waals surface area contributed by atoms with Crippen LogP contribution in [0.25, 0.3) is 11.1 Å². The molecule has 0 aliphatic carbocycles. The molecule has 1 aliphatic rings. The number of phenolic OH excluding ortho intramolecular Hbond substituents is 1. The van der Waals surface area contributed by atoms with Gasteiger partial charge in [0.1, 0.15) is 17.1 Å². The Balaban J connectivity index is 2.27. The third kappa shape index (κ3) is 3.48. The van der Waals surface area contributed by atoms with Crippen molar-refractivity contribution in [3.63, 3.8) is 0 Å². The fourth-order valence-corrected chi connectivity index (χ4v) is 3.98. The molecule has 1 amide bonds. The molecule has 0 spiro atoms. The van der Waals surface area contributed by atoms with Gasteiger partial charge < -0.3 is 14.7 Å². The first-order valence-corrected chi connectivity index (χ1v) is 10.1. The Bertz CT molecular complexity index is 913. The van der Waals surface area contributed by atoms with Crippen LogP contribution in [0, 0.1) is 6.92 Å². The van der Waals surface area contributed by atoms with Crippen LogP contribution in [0.3, 0.4) is 0 Å². The van der Waals surface area contributed by atoms with E-state index in [0.29, 0.717) is 16.9 Å². The summed E-state index contributed by atoms with van der Waals surface area (Å²) < 4.78 is 6.32. The van der Waals surface area contributed by atoms with Crippen LogP contribution in [-0.2, 0) is 12.0 Å². The van der Waals surface area contributed by atoms with E-state index >= 15 is 0 Å². The lowest BCUT2D eigenvalue weighted by molar-refractivity contribution is 0.0822. The molecule has 0 fully saturated rings. The zero-order valence-electron chi connectivity index (χ0n) is 17.8. The molecule has 1 N–H and O–H groups in total. The van der Waals surface area contributed by atoms with Crippen LogP contribution in [0.1, 0.15) is 67.1 Å². The van der Waals surface area contributed by atoms with Gasteiger partial charge in [-0.2, -0.15) is 0 Å². The quantitative estimate of drug-likeness (QED) is 0.703. The molecule has 2 aromatic rings. The molecule has 0 atom stereocenters. The fraction of sp³-hybridized carbons (Fsp3) is 0.458. The number of hydrogen-bond donors (Lipinski definition) is 1. The number of amides is 1. The van der Waals surface area contributed by atoms with Gasteiger partial charge in [0, 0.05) is 19.7 Å². The van der Waals surface area contributed by atoms with Crippen molar-refractivity contribution in [3.8, 4) is 22.6 Å². The highest BCUT2D eigenvalue weighted by Gasteiger charge is 2.36. The summed E-state index contributed by atoms with van der Waals surface area (Å²) in [6, 6.07) is 8.14. The Hall–Kier alpha value is -2.49. The standard InChI is InChI=1S/C24H31NO3/c1-7-8-9-10-16-14-19-21(22(26)20(16)23(27)25(5)6)17-13-15(2)11-12-18(17)24(3,4)28-19/h11-14,26H,7-10H2,1-6H3. The van der Waals surface area contributed by atoms with E-state index in [4.69, 9.17) is 4.74 Å². The highest BCUT2D eigenvalue weighted by Crippen LogP contribution is 2.51. The molecule has 1 aliphatic heterocycles. The topological polar surface area (TPSA) is 49.8 Å². The highest BCUT2D eigenvalue weighted by atomic mass is 16.5. The SMILES string of the molecule is CCCCCc1cc2c(c(O)c1C(=O)N(C)C)-c1cc(C)ccc1C(C)(C)O2. The fourth-order valence-electron chi connectivity index (χ4n) is 3.98. The average molecular weight is 382 g/mol. The number of aryl methyl sites for hydroxylation is 2. The van der Waals surface area contributed by atoms with Gasteiger partial charge in [0.15, 0.2) is 0 Å². The monoisotopic (exact) mass is 381 g/mol. The Morgan fingerprint density at radius 1 is 1.18 bits per heavy atom. The Kier molecular flexibility index (Phi) is 5.42. The van der Waals surface area contributed by atoms with Gasteiger partial charge >= 0.3 is 0 Å². The first-order chi connectivity index (χ1) is 13.2. The minimum atomic E-state index is -0.504. The Morgan fingerprint density at radius 3 is 2.54 bits per heavy atom. The van der Waals surface area contributed by atoms with E-state index in [9.17, 15) is 9.90 Å². The van der Waals surface area contributed by atoms with E-state index in [1.807, 2.05) is 26.8 Å². The van der Waals surface area contributed by atoms with Crippen molar-refractivity contribution in [3.05, 3.63) is 46.5 Å². The first-order valence-electron chi connectivity index (χ1n) is 10.1. The second-order valence-electron chi connectivity index (χ2n) is 8.45. The van der Waals surface area contributed by atoms with Gasteiger partial charge in [-0.3, -0.25) is 4.79 Å². The molecule has 3 rings (SSSR count). The van der Waals surface area contributed by atoms with Crippen LogP contribution in [0.2, 0.25) is 0 Å². The molecule has 0 bridgehead atoms. The molecule has 2 aromatic carbocycles. The second-order valence-corrected chi connectivity index (χ2v) is 8.45. The summed E-state index contributed by atoms with van der Waals surface area (Å²) in [5.41, 5.74) is 4.44. The summed E-state index contributed by atoms with van der Waals surface area (Å²) in [6.07, 6.45) is 3.90. The van der Waals surface area contributed by atoms with Gasteiger partial charge in [-0.05, 0) is 50.8 Å². The molecule has 0 radical (unpaired) electrons. The van der Waals surface area contributed by atoms with Gasteiger partial charge in [0.2, 0.25) is 0 Å². The zero-order valence-corrected chi connectivity index (χ0v) is 17.8. The molecule has 4 nitrogen and oxygen atoms in total. The maximum Gasteiger partial charge on any atom is 0.257 e. The number of benzene rings is 2. The van der Waals surface area contributed by atoms with Crippen molar-refractivity contribution in [2.24, 2.45) is 0 Å². The summed E-state index contributed by atoms with van der Waals surface area (Å²) in [4.78, 5) is 14.5. The maximum atomic E-state index is 12.9. The van der Waals surface area contributed by atoms with Crippen molar-refractivity contribution in [2.45, 2.75) is 59.0 Å². The normalized spacial score (nSPS) is 14.1. The summed E-state index contributed by atoms with van der Waals surface area (Å²) in [5, 5.41) is 11.3. The molecule has 150 valence electrons. The highest BCUT2D eigenvalue weighted by molar-refractivity contribution is 6.02. The number of carbonyl (C=O) groups is 1. The predicted octanol–water partition coefficient (Wildman–Crippen LogP) is 5.43. The molecule has 1 heterocycles. The molecule has 0 unspecified atom stereocenters. The lowest BCUT2D eigenvalue weighted by Crippen LogP contribution is -2.30. The van der Waals surface area contributed by atoms with E-state index in [1.54, 1.807) is 14.1 Å². The molecule has 4 heteroatoms. The van der Waals surface area contributed by atoms with Gasteiger partial charge in [-0.15, -0.1) is 0 Å². The van der Waals surface area contributed by atoms with E-state index < -0.39 is 5.60 Å². The second kappa shape index (κ2) is 7.50. The third-order valence-electron chi connectivity index (χ3n) is 5.47. The Morgan fingerprint density at radius 2 is 1.89 bits per heavy atom. The van der Waals surface area contributed by atoms with Gasteiger partial charge in [-0.1, -0.05) is 43.5 Å². The van der Waals surface area contributed by atoms with Crippen molar-refractivity contribution in [2.75, 3.05) is 14.1 Å². The number of carbonyl (C=O) groups excluding carboxylic acids is 1. The minimum absolute atomic E-state index is 0.0325. The number of phenols is 1. The molecule has 0 aromatic heterocycles. The van der Waals surface area contributed by atoms with E-state index in [-0.39, 0.29) is 11.7 Å². The number of aromatic hydroxyl groups is 1. The van der Waals surface area contributed by atoms with Crippen LogP contribution < -0.4 is 4.74 Å². The number of ether oxygens (including phenoxy) is 1. The van der Waals surface area contributed by atoms with Gasteiger partial charge in [0.25, 0.3) is 5.91 Å². The van der Waals surface area contributed by atoms with Crippen molar-refractivity contribution >= 4 is 5.91 Å². The molecular weight excluding hydrogens is 350 g/mol. The van der Waals surface area contributed by atoms with E-state index in [2.05, 4.69) is 25.1 Å². The van der Waals surface area contributed by atoms with Gasteiger partial charge in [-0.25, -0.2) is 0 Å². The summed E-state index contributed by atoms with van der Waals surface area (Å²) in [6.45, 7) is 8.26. The van der Waals surface area contributed by atoms with Crippen LogP contribution in [0.5, 0.6) is 11.5 Å². The first kappa shape index (κ1) is 20.2. The van der Waals surface area contributed by atoms with Crippen LogP contribution in [0.15, 0.2) is 24.3 Å². The number of rotatable bonds is 5. The van der Waals surface area contributed by atoms with Crippen LogP contribution >= 0.6 is 0 Å². The van der Waals surface area contributed by atoms with Crippen molar-refractivity contribution < 1.29 is 14.6 Å². The van der Waals surface area contributed by atoms with Crippen LogP contribution in [-0.4, -0.2) is 30.0 Å².